The van der Waals surface area contributed by atoms with Gasteiger partial charge in [-0.1, -0.05) is 11.6 Å². The molecule has 1 atom stereocenters. The Labute approximate surface area is 113 Å². The number of carboxylic acids is 1. The number of nitrogens with zero attached hydrogens (tertiary/aromatic N) is 1. The molecule has 2 aliphatic rings. The maximum absolute atomic E-state index is 12.1. The Hall–Kier alpha value is -0.920. The van der Waals surface area contributed by atoms with Crippen molar-refractivity contribution in [2.75, 3.05) is 19.6 Å². The van der Waals surface area contributed by atoms with Crippen molar-refractivity contribution in [1.29, 1.82) is 0 Å². The monoisotopic (exact) mass is 288 g/mol. The maximum atomic E-state index is 12.1. The van der Waals surface area contributed by atoms with Gasteiger partial charge in [-0.2, -0.15) is 17.4 Å². The number of allylic oxidation sites excluding steroid dienone is 1. The van der Waals surface area contributed by atoms with Crippen molar-refractivity contribution in [2.45, 2.75) is 32.1 Å². The summed E-state index contributed by atoms with van der Waals surface area (Å²) in [7, 11) is -3.56. The van der Waals surface area contributed by atoms with E-state index in [0.29, 0.717) is 25.9 Å². The minimum Gasteiger partial charge on any atom is -0.481 e. The zero-order valence-corrected chi connectivity index (χ0v) is 11.7. The number of aliphatic carboxylic acids is 1. The maximum Gasteiger partial charge on any atom is 0.307 e. The second-order valence-electron chi connectivity index (χ2n) is 5.12. The SMILES string of the molecule is O=C(O)C1CCCN(S(=O)(=O)NCC2=CCCC2)C1. The van der Waals surface area contributed by atoms with Crippen LogP contribution in [0.2, 0.25) is 0 Å². The molecule has 0 aromatic rings. The minimum absolute atomic E-state index is 0.0731. The normalized spacial score (nSPS) is 25.3. The lowest BCUT2D eigenvalue weighted by Crippen LogP contribution is -2.47. The average Bonchev–Trinajstić information content (AvgIpc) is 2.90. The molecule has 1 aliphatic carbocycles. The molecule has 2 rings (SSSR count). The summed E-state index contributed by atoms with van der Waals surface area (Å²) < 4.78 is 28.0. The Morgan fingerprint density at radius 3 is 2.89 bits per heavy atom. The van der Waals surface area contributed by atoms with E-state index in [-0.39, 0.29) is 6.54 Å². The second kappa shape index (κ2) is 6.02. The van der Waals surface area contributed by atoms with Crippen LogP contribution in [0, 0.1) is 5.92 Å². The van der Waals surface area contributed by atoms with E-state index < -0.39 is 22.1 Å². The Kier molecular flexibility index (Phi) is 4.59. The van der Waals surface area contributed by atoms with Gasteiger partial charge in [0.2, 0.25) is 0 Å². The first-order valence-corrected chi connectivity index (χ1v) is 8.08. The fraction of sp³-hybridized carbons (Fsp3) is 0.750. The molecule has 0 bridgehead atoms. The lowest BCUT2D eigenvalue weighted by Gasteiger charge is -2.29. The molecule has 0 saturated carbocycles. The van der Waals surface area contributed by atoms with Gasteiger partial charge in [0.15, 0.2) is 0 Å². The van der Waals surface area contributed by atoms with Crippen molar-refractivity contribution in [2.24, 2.45) is 5.92 Å². The summed E-state index contributed by atoms with van der Waals surface area (Å²) in [5.74, 6) is -1.51. The van der Waals surface area contributed by atoms with Crippen molar-refractivity contribution >= 4 is 16.2 Å². The summed E-state index contributed by atoms with van der Waals surface area (Å²) in [6.07, 6.45) is 6.26. The number of carboxylic acid groups (broad SMARTS) is 1. The van der Waals surface area contributed by atoms with Crippen LogP contribution in [0.4, 0.5) is 0 Å². The van der Waals surface area contributed by atoms with E-state index in [1.165, 1.54) is 4.31 Å². The predicted molar refractivity (Wildman–Crippen MR) is 70.8 cm³/mol. The van der Waals surface area contributed by atoms with Crippen LogP contribution in [0.1, 0.15) is 32.1 Å². The van der Waals surface area contributed by atoms with Gasteiger partial charge in [0.05, 0.1) is 5.92 Å². The summed E-state index contributed by atoms with van der Waals surface area (Å²) in [5, 5.41) is 8.97. The molecule has 0 aromatic heterocycles. The fourth-order valence-corrected chi connectivity index (χ4v) is 3.83. The van der Waals surface area contributed by atoms with E-state index in [4.69, 9.17) is 5.11 Å². The van der Waals surface area contributed by atoms with Gasteiger partial charge >= 0.3 is 5.97 Å². The smallest absolute Gasteiger partial charge is 0.307 e. The molecule has 1 saturated heterocycles. The second-order valence-corrected chi connectivity index (χ2v) is 6.87. The van der Waals surface area contributed by atoms with Crippen LogP contribution in [-0.2, 0) is 15.0 Å². The Bertz CT molecular complexity index is 472. The first kappa shape index (κ1) is 14.5. The van der Waals surface area contributed by atoms with E-state index in [9.17, 15) is 13.2 Å². The molecule has 19 heavy (non-hydrogen) atoms. The summed E-state index contributed by atoms with van der Waals surface area (Å²) >= 11 is 0. The Morgan fingerprint density at radius 2 is 2.26 bits per heavy atom. The highest BCUT2D eigenvalue weighted by Crippen LogP contribution is 2.20. The molecule has 0 aromatic carbocycles. The third-order valence-corrected chi connectivity index (χ3v) is 5.21. The van der Waals surface area contributed by atoms with Crippen LogP contribution in [0.15, 0.2) is 11.6 Å². The van der Waals surface area contributed by atoms with Crippen molar-refractivity contribution < 1.29 is 18.3 Å². The van der Waals surface area contributed by atoms with E-state index in [0.717, 1.165) is 24.8 Å². The van der Waals surface area contributed by atoms with Crippen LogP contribution in [-0.4, -0.2) is 43.4 Å². The number of hydrogen-bond acceptors (Lipinski definition) is 3. The third kappa shape index (κ3) is 3.77. The highest BCUT2D eigenvalue weighted by molar-refractivity contribution is 7.87. The van der Waals surface area contributed by atoms with Crippen LogP contribution in [0.3, 0.4) is 0 Å². The molecule has 0 radical (unpaired) electrons. The topological polar surface area (TPSA) is 86.7 Å². The molecule has 6 nitrogen and oxygen atoms in total. The number of hydrogen-bond donors (Lipinski definition) is 2. The van der Waals surface area contributed by atoms with Gasteiger partial charge in [-0.25, -0.2) is 0 Å². The molecule has 0 spiro atoms. The van der Waals surface area contributed by atoms with Crippen molar-refractivity contribution in [3.63, 3.8) is 0 Å². The molecular formula is C12H20N2O4S. The summed E-state index contributed by atoms with van der Waals surface area (Å²) in [6, 6.07) is 0. The van der Waals surface area contributed by atoms with Gasteiger partial charge in [0.25, 0.3) is 10.2 Å². The Morgan fingerprint density at radius 1 is 1.47 bits per heavy atom. The van der Waals surface area contributed by atoms with E-state index in [2.05, 4.69) is 10.8 Å². The highest BCUT2D eigenvalue weighted by atomic mass is 32.2. The van der Waals surface area contributed by atoms with Crippen molar-refractivity contribution in [1.82, 2.24) is 9.03 Å². The van der Waals surface area contributed by atoms with Crippen LogP contribution < -0.4 is 4.72 Å². The summed E-state index contributed by atoms with van der Waals surface area (Å²) in [5.41, 5.74) is 1.12. The van der Waals surface area contributed by atoms with Gasteiger partial charge < -0.3 is 5.11 Å². The minimum atomic E-state index is -3.56. The number of nitrogens with one attached hydrogen (secondary N) is 1. The van der Waals surface area contributed by atoms with Crippen molar-refractivity contribution in [3.05, 3.63) is 11.6 Å². The molecule has 1 aliphatic heterocycles. The van der Waals surface area contributed by atoms with Crippen LogP contribution >= 0.6 is 0 Å². The molecule has 108 valence electrons. The zero-order valence-electron chi connectivity index (χ0n) is 10.8. The number of carbonyl (C=O) groups is 1. The molecular weight excluding hydrogens is 268 g/mol. The lowest BCUT2D eigenvalue weighted by atomic mass is 10.0. The van der Waals surface area contributed by atoms with E-state index in [1.54, 1.807) is 0 Å². The summed E-state index contributed by atoms with van der Waals surface area (Å²) in [6.45, 7) is 0.818. The largest absolute Gasteiger partial charge is 0.481 e. The molecule has 1 unspecified atom stereocenters. The Balaban J connectivity index is 1.92. The molecule has 2 N–H and O–H groups in total. The van der Waals surface area contributed by atoms with Crippen LogP contribution in [0.5, 0.6) is 0 Å². The highest BCUT2D eigenvalue weighted by Gasteiger charge is 2.32. The van der Waals surface area contributed by atoms with Crippen LogP contribution in [0.25, 0.3) is 0 Å². The van der Waals surface area contributed by atoms with Gasteiger partial charge in [0.1, 0.15) is 0 Å². The van der Waals surface area contributed by atoms with E-state index in [1.807, 2.05) is 0 Å². The van der Waals surface area contributed by atoms with Gasteiger partial charge in [-0.15, -0.1) is 0 Å². The molecule has 1 fully saturated rings. The third-order valence-electron chi connectivity index (χ3n) is 3.69. The quantitative estimate of drug-likeness (QED) is 0.730. The van der Waals surface area contributed by atoms with Crippen molar-refractivity contribution in [3.8, 4) is 0 Å². The van der Waals surface area contributed by atoms with Gasteiger partial charge in [-0.05, 0) is 32.1 Å². The van der Waals surface area contributed by atoms with Gasteiger partial charge in [-0.3, -0.25) is 4.79 Å². The van der Waals surface area contributed by atoms with E-state index >= 15 is 0 Å². The lowest BCUT2D eigenvalue weighted by molar-refractivity contribution is -0.142. The fourth-order valence-electron chi connectivity index (χ4n) is 2.54. The standard InChI is InChI=1S/C12H20N2O4S/c15-12(16)11-6-3-7-14(9-11)19(17,18)13-8-10-4-1-2-5-10/h4,11,13H,1-3,5-9H2,(H,15,16). The number of piperidine rings is 1. The average molecular weight is 288 g/mol. The molecule has 1 heterocycles. The summed E-state index contributed by atoms with van der Waals surface area (Å²) in [4.78, 5) is 10.9. The number of rotatable bonds is 5. The first-order chi connectivity index (χ1) is 8.99. The predicted octanol–water partition coefficient (Wildman–Crippen LogP) is 0.728. The molecule has 7 heteroatoms. The zero-order chi connectivity index (χ0) is 13.9. The van der Waals surface area contributed by atoms with Gasteiger partial charge in [0, 0.05) is 19.6 Å². The molecule has 0 amide bonds. The first-order valence-electron chi connectivity index (χ1n) is 6.64.